The van der Waals surface area contributed by atoms with Gasteiger partial charge >= 0.3 is 0 Å². The molecule has 1 aromatic carbocycles. The highest BCUT2D eigenvalue weighted by Gasteiger charge is 2.14. The van der Waals surface area contributed by atoms with Crippen LogP contribution in [-0.2, 0) is 17.9 Å². The average Bonchev–Trinajstić information content (AvgIpc) is 3.00. The maximum absolute atomic E-state index is 11.9. The molecule has 0 bridgehead atoms. The van der Waals surface area contributed by atoms with Crippen LogP contribution in [-0.4, -0.2) is 33.0 Å². The Kier molecular flexibility index (Phi) is 8.00. The Morgan fingerprint density at radius 1 is 1.38 bits per heavy atom. The SMILES string of the molecule is C=CCn1c(COc2ccc(Cl)cc2)nnc1SCC(=O)NCC(C)C. The van der Waals surface area contributed by atoms with E-state index in [1.807, 2.05) is 4.57 Å². The number of rotatable bonds is 10. The Labute approximate surface area is 163 Å². The molecule has 1 amide bonds. The van der Waals surface area contributed by atoms with Gasteiger partial charge < -0.3 is 10.1 Å². The Bertz CT molecular complexity index is 731. The van der Waals surface area contributed by atoms with E-state index >= 15 is 0 Å². The summed E-state index contributed by atoms with van der Waals surface area (Å²) in [7, 11) is 0. The lowest BCUT2D eigenvalue weighted by Crippen LogP contribution is -2.28. The van der Waals surface area contributed by atoms with Gasteiger partial charge in [0.2, 0.25) is 5.91 Å². The number of hydrogen-bond acceptors (Lipinski definition) is 5. The van der Waals surface area contributed by atoms with Gasteiger partial charge in [0.25, 0.3) is 0 Å². The van der Waals surface area contributed by atoms with Crippen molar-refractivity contribution in [2.75, 3.05) is 12.3 Å². The molecule has 140 valence electrons. The van der Waals surface area contributed by atoms with Crippen LogP contribution < -0.4 is 10.1 Å². The zero-order chi connectivity index (χ0) is 18.9. The maximum Gasteiger partial charge on any atom is 0.230 e. The lowest BCUT2D eigenvalue weighted by Gasteiger charge is -2.10. The Morgan fingerprint density at radius 3 is 2.77 bits per heavy atom. The smallest absolute Gasteiger partial charge is 0.230 e. The molecule has 0 spiro atoms. The van der Waals surface area contributed by atoms with E-state index in [0.29, 0.717) is 46.5 Å². The molecule has 26 heavy (non-hydrogen) atoms. The molecule has 2 aromatic rings. The summed E-state index contributed by atoms with van der Waals surface area (Å²) < 4.78 is 7.63. The second kappa shape index (κ2) is 10.2. The number of aromatic nitrogens is 3. The van der Waals surface area contributed by atoms with Gasteiger partial charge in [-0.15, -0.1) is 16.8 Å². The van der Waals surface area contributed by atoms with Crippen LogP contribution >= 0.6 is 23.4 Å². The second-order valence-corrected chi connectivity index (χ2v) is 7.41. The number of halogens is 1. The third-order valence-corrected chi connectivity index (χ3v) is 4.55. The first-order chi connectivity index (χ1) is 12.5. The standard InChI is InChI=1S/C18H23ClN4O2S/c1-4-9-23-16(11-25-15-7-5-14(19)6-8-15)21-22-18(23)26-12-17(24)20-10-13(2)3/h4-8,13H,1,9-12H2,2-3H3,(H,20,24). The molecule has 0 unspecified atom stereocenters. The van der Waals surface area contributed by atoms with Gasteiger partial charge in [-0.2, -0.15) is 0 Å². The van der Waals surface area contributed by atoms with Crippen molar-refractivity contribution < 1.29 is 9.53 Å². The van der Waals surface area contributed by atoms with E-state index < -0.39 is 0 Å². The van der Waals surface area contributed by atoms with Gasteiger partial charge in [0.05, 0.1) is 5.75 Å². The van der Waals surface area contributed by atoms with E-state index in [4.69, 9.17) is 16.3 Å². The molecule has 0 saturated heterocycles. The number of amides is 1. The summed E-state index contributed by atoms with van der Waals surface area (Å²) in [5.41, 5.74) is 0. The van der Waals surface area contributed by atoms with E-state index in [9.17, 15) is 4.79 Å². The van der Waals surface area contributed by atoms with Crippen molar-refractivity contribution in [2.45, 2.75) is 32.2 Å². The number of nitrogens with zero attached hydrogens (tertiary/aromatic N) is 3. The summed E-state index contributed by atoms with van der Waals surface area (Å²) in [6.45, 7) is 9.36. The normalized spacial score (nSPS) is 10.8. The first kappa shape index (κ1) is 20.3. The van der Waals surface area contributed by atoms with Crippen LogP contribution in [0.3, 0.4) is 0 Å². The van der Waals surface area contributed by atoms with Gasteiger partial charge in [-0.05, 0) is 30.2 Å². The van der Waals surface area contributed by atoms with E-state index in [2.05, 4.69) is 35.9 Å². The van der Waals surface area contributed by atoms with E-state index in [1.165, 1.54) is 11.8 Å². The van der Waals surface area contributed by atoms with Crippen LogP contribution in [0.1, 0.15) is 19.7 Å². The molecule has 1 aromatic heterocycles. The fraction of sp³-hybridized carbons (Fsp3) is 0.389. The van der Waals surface area contributed by atoms with Gasteiger partial charge in [-0.3, -0.25) is 9.36 Å². The number of hydrogen-bond donors (Lipinski definition) is 1. The van der Waals surface area contributed by atoms with Gasteiger partial charge in [0.15, 0.2) is 11.0 Å². The number of ether oxygens (including phenoxy) is 1. The highest BCUT2D eigenvalue weighted by atomic mass is 35.5. The molecule has 6 nitrogen and oxygen atoms in total. The van der Waals surface area contributed by atoms with Gasteiger partial charge in [0, 0.05) is 18.1 Å². The molecule has 8 heteroatoms. The summed E-state index contributed by atoms with van der Waals surface area (Å²) in [4.78, 5) is 11.9. The summed E-state index contributed by atoms with van der Waals surface area (Å²) >= 11 is 7.22. The topological polar surface area (TPSA) is 69.0 Å². The van der Waals surface area contributed by atoms with Crippen molar-refractivity contribution in [1.29, 1.82) is 0 Å². The predicted octanol–water partition coefficient (Wildman–Crippen LogP) is 3.56. The van der Waals surface area contributed by atoms with Crippen molar-refractivity contribution >= 4 is 29.3 Å². The third-order valence-electron chi connectivity index (χ3n) is 3.33. The van der Waals surface area contributed by atoms with Crippen molar-refractivity contribution in [3.63, 3.8) is 0 Å². The van der Waals surface area contributed by atoms with Crippen LogP contribution in [0.5, 0.6) is 5.75 Å². The van der Waals surface area contributed by atoms with Crippen LogP contribution in [0.25, 0.3) is 0 Å². The third kappa shape index (κ3) is 6.38. The van der Waals surface area contributed by atoms with E-state index in [0.717, 1.165) is 0 Å². The van der Waals surface area contributed by atoms with Gasteiger partial charge in [-0.1, -0.05) is 43.3 Å². The van der Waals surface area contributed by atoms with Crippen molar-refractivity contribution in [2.24, 2.45) is 5.92 Å². The molecule has 0 aliphatic carbocycles. The highest BCUT2D eigenvalue weighted by Crippen LogP contribution is 2.20. The first-order valence-electron chi connectivity index (χ1n) is 8.30. The molecule has 1 heterocycles. The quantitative estimate of drug-likeness (QED) is 0.493. The first-order valence-corrected chi connectivity index (χ1v) is 9.66. The molecule has 0 aliphatic heterocycles. The zero-order valence-electron chi connectivity index (χ0n) is 14.9. The van der Waals surface area contributed by atoms with Crippen LogP contribution in [0, 0.1) is 5.92 Å². The molecule has 0 aliphatic rings. The molecule has 0 saturated carbocycles. The zero-order valence-corrected chi connectivity index (χ0v) is 16.5. The van der Waals surface area contributed by atoms with Crippen molar-refractivity contribution in [3.05, 3.63) is 47.8 Å². The molecular weight excluding hydrogens is 372 g/mol. The summed E-state index contributed by atoms with van der Waals surface area (Å²) in [6, 6.07) is 7.13. The summed E-state index contributed by atoms with van der Waals surface area (Å²) in [5.74, 6) is 2.07. The molecule has 0 fully saturated rings. The number of carbonyl (C=O) groups excluding carboxylic acids is 1. The highest BCUT2D eigenvalue weighted by molar-refractivity contribution is 7.99. The summed E-state index contributed by atoms with van der Waals surface area (Å²) in [6.07, 6.45) is 1.76. The second-order valence-electron chi connectivity index (χ2n) is 6.03. The Morgan fingerprint density at radius 2 is 2.12 bits per heavy atom. The van der Waals surface area contributed by atoms with Crippen molar-refractivity contribution in [1.82, 2.24) is 20.1 Å². The predicted molar refractivity (Wildman–Crippen MR) is 105 cm³/mol. The molecule has 1 N–H and O–H groups in total. The van der Waals surface area contributed by atoms with Crippen LogP contribution in [0.4, 0.5) is 0 Å². The number of carbonyl (C=O) groups is 1. The lowest BCUT2D eigenvalue weighted by molar-refractivity contribution is -0.118. The maximum atomic E-state index is 11.9. The Balaban J connectivity index is 1.96. The monoisotopic (exact) mass is 394 g/mol. The van der Waals surface area contributed by atoms with Gasteiger partial charge in [0.1, 0.15) is 12.4 Å². The average molecular weight is 395 g/mol. The number of nitrogens with one attached hydrogen (secondary N) is 1. The van der Waals surface area contributed by atoms with Gasteiger partial charge in [-0.25, -0.2) is 0 Å². The summed E-state index contributed by atoms with van der Waals surface area (Å²) in [5, 5.41) is 12.6. The minimum atomic E-state index is -0.0178. The van der Waals surface area contributed by atoms with Crippen molar-refractivity contribution in [3.8, 4) is 5.75 Å². The van der Waals surface area contributed by atoms with E-state index in [-0.39, 0.29) is 12.5 Å². The molecule has 2 rings (SSSR count). The fourth-order valence-corrected chi connectivity index (χ4v) is 2.95. The minimum Gasteiger partial charge on any atom is -0.486 e. The largest absolute Gasteiger partial charge is 0.486 e. The van der Waals surface area contributed by atoms with Crippen LogP contribution in [0.2, 0.25) is 5.02 Å². The van der Waals surface area contributed by atoms with Crippen LogP contribution in [0.15, 0.2) is 42.1 Å². The number of benzene rings is 1. The molecule has 0 radical (unpaired) electrons. The lowest BCUT2D eigenvalue weighted by atomic mass is 10.2. The van der Waals surface area contributed by atoms with E-state index in [1.54, 1.807) is 30.3 Å². The molecular formula is C18H23ClN4O2S. The number of allylic oxidation sites excluding steroid dienone is 1. The minimum absolute atomic E-state index is 0.0178. The number of thioether (sulfide) groups is 1. The molecule has 0 atom stereocenters. The fourth-order valence-electron chi connectivity index (χ4n) is 2.02. The Hall–Kier alpha value is -1.99.